The number of hydrogen-bond acceptors (Lipinski definition) is 3. The molecule has 0 atom stereocenters. The van der Waals surface area contributed by atoms with Gasteiger partial charge in [-0.15, -0.1) is 0 Å². The van der Waals surface area contributed by atoms with Crippen molar-refractivity contribution in [3.8, 4) is 11.4 Å². The first-order valence-corrected chi connectivity index (χ1v) is 5.55. The van der Waals surface area contributed by atoms with Crippen molar-refractivity contribution in [2.45, 2.75) is 19.3 Å². The Kier molecular flexibility index (Phi) is 2.03. The summed E-state index contributed by atoms with van der Waals surface area (Å²) < 4.78 is 0.356. The summed E-state index contributed by atoms with van der Waals surface area (Å²) in [4.78, 5) is 18.8. The van der Waals surface area contributed by atoms with Crippen molar-refractivity contribution in [2.24, 2.45) is 0 Å². The van der Waals surface area contributed by atoms with Crippen LogP contribution < -0.4 is 5.56 Å². The van der Waals surface area contributed by atoms with E-state index in [-0.39, 0.29) is 5.56 Å². The second-order valence-corrected chi connectivity index (χ2v) is 4.27. The standard InChI is InChI=1S/C10H10N4OS/c15-9-6(8-12-10(16)14-13-8)4-5-2-1-3-7(5)11-9/h4H,1-3H2,(H,11,15)(H2,12,13,14,16). The molecule has 82 valence electrons. The molecule has 3 N–H and O–H groups in total. The zero-order chi connectivity index (χ0) is 11.1. The monoisotopic (exact) mass is 234 g/mol. The van der Waals surface area contributed by atoms with Gasteiger partial charge < -0.3 is 4.98 Å². The molecular formula is C10H10N4OS. The van der Waals surface area contributed by atoms with Crippen LogP contribution in [0.4, 0.5) is 0 Å². The van der Waals surface area contributed by atoms with Crippen molar-refractivity contribution in [3.05, 3.63) is 32.4 Å². The van der Waals surface area contributed by atoms with Gasteiger partial charge in [-0.25, -0.2) is 0 Å². The summed E-state index contributed by atoms with van der Waals surface area (Å²) >= 11 is 4.87. The third-order valence-electron chi connectivity index (χ3n) is 2.84. The molecule has 1 aliphatic rings. The first-order chi connectivity index (χ1) is 7.74. The maximum atomic E-state index is 11.8. The lowest BCUT2D eigenvalue weighted by atomic mass is 10.1. The Morgan fingerprint density at radius 3 is 2.94 bits per heavy atom. The normalized spacial score (nSPS) is 14.0. The molecule has 0 spiro atoms. The van der Waals surface area contributed by atoms with Crippen molar-refractivity contribution >= 4 is 12.2 Å². The van der Waals surface area contributed by atoms with Gasteiger partial charge in [-0.05, 0) is 43.1 Å². The van der Waals surface area contributed by atoms with E-state index in [2.05, 4.69) is 20.2 Å². The van der Waals surface area contributed by atoms with Gasteiger partial charge in [0.25, 0.3) is 5.56 Å². The Morgan fingerprint density at radius 2 is 2.19 bits per heavy atom. The number of pyridine rings is 1. The molecule has 6 heteroatoms. The van der Waals surface area contributed by atoms with Gasteiger partial charge in [-0.2, -0.15) is 4.98 Å². The molecule has 0 saturated carbocycles. The topological polar surface area (TPSA) is 77.3 Å². The van der Waals surface area contributed by atoms with Gasteiger partial charge in [0, 0.05) is 5.69 Å². The molecule has 2 heterocycles. The zero-order valence-corrected chi connectivity index (χ0v) is 9.28. The molecule has 2 aromatic heterocycles. The van der Waals surface area contributed by atoms with Crippen molar-refractivity contribution in [3.63, 3.8) is 0 Å². The van der Waals surface area contributed by atoms with Crippen LogP contribution >= 0.6 is 12.2 Å². The van der Waals surface area contributed by atoms with E-state index in [0.717, 1.165) is 25.0 Å². The molecule has 0 saturated heterocycles. The lowest BCUT2D eigenvalue weighted by Crippen LogP contribution is -2.12. The quantitative estimate of drug-likeness (QED) is 0.651. The first kappa shape index (κ1) is 9.53. The number of nitrogens with one attached hydrogen (secondary N) is 3. The molecule has 0 aromatic carbocycles. The molecule has 0 bridgehead atoms. The van der Waals surface area contributed by atoms with E-state index in [1.54, 1.807) is 0 Å². The largest absolute Gasteiger partial charge is 0.325 e. The number of aromatic nitrogens is 4. The van der Waals surface area contributed by atoms with Crippen LogP contribution in [0.3, 0.4) is 0 Å². The molecule has 0 radical (unpaired) electrons. The van der Waals surface area contributed by atoms with Crippen LogP contribution in [0.2, 0.25) is 0 Å². The highest BCUT2D eigenvalue weighted by atomic mass is 32.1. The van der Waals surface area contributed by atoms with Crippen LogP contribution in [0.5, 0.6) is 0 Å². The smallest absolute Gasteiger partial charge is 0.259 e. The summed E-state index contributed by atoms with van der Waals surface area (Å²) in [6.07, 6.45) is 3.08. The van der Waals surface area contributed by atoms with E-state index in [4.69, 9.17) is 12.2 Å². The maximum absolute atomic E-state index is 11.8. The molecule has 0 fully saturated rings. The average Bonchev–Trinajstić information content (AvgIpc) is 2.84. The fraction of sp³-hybridized carbons (Fsp3) is 0.300. The van der Waals surface area contributed by atoms with Crippen molar-refractivity contribution in [2.75, 3.05) is 0 Å². The van der Waals surface area contributed by atoms with E-state index in [1.165, 1.54) is 5.56 Å². The lowest BCUT2D eigenvalue weighted by Gasteiger charge is -2.01. The summed E-state index contributed by atoms with van der Waals surface area (Å²) in [6.45, 7) is 0. The second kappa shape index (κ2) is 3.41. The van der Waals surface area contributed by atoms with E-state index < -0.39 is 0 Å². The fourth-order valence-electron chi connectivity index (χ4n) is 2.09. The SMILES string of the molecule is O=c1[nH]c2c(cc1-c1nc(=S)[nH][nH]1)CCC2. The highest BCUT2D eigenvalue weighted by molar-refractivity contribution is 7.71. The predicted molar refractivity (Wildman–Crippen MR) is 61.9 cm³/mol. The molecular weight excluding hydrogens is 224 g/mol. The minimum atomic E-state index is -0.113. The van der Waals surface area contributed by atoms with Gasteiger partial charge in [-0.1, -0.05) is 0 Å². The number of aromatic amines is 3. The molecule has 1 aliphatic carbocycles. The molecule has 5 nitrogen and oxygen atoms in total. The molecule has 2 aromatic rings. The first-order valence-electron chi connectivity index (χ1n) is 5.14. The molecule has 3 rings (SSSR count). The van der Waals surface area contributed by atoms with Gasteiger partial charge in [0.05, 0.1) is 5.56 Å². The fourth-order valence-corrected chi connectivity index (χ4v) is 2.23. The van der Waals surface area contributed by atoms with Gasteiger partial charge in [0.15, 0.2) is 5.82 Å². The third kappa shape index (κ3) is 1.42. The lowest BCUT2D eigenvalue weighted by molar-refractivity contribution is 0.897. The molecule has 0 unspecified atom stereocenters. The number of nitrogens with zero attached hydrogens (tertiary/aromatic N) is 1. The van der Waals surface area contributed by atoms with Gasteiger partial charge in [0.2, 0.25) is 4.77 Å². The van der Waals surface area contributed by atoms with Crippen LogP contribution in [-0.4, -0.2) is 20.2 Å². The summed E-state index contributed by atoms with van der Waals surface area (Å²) in [7, 11) is 0. The van der Waals surface area contributed by atoms with Gasteiger partial charge in [-0.3, -0.25) is 15.0 Å². The van der Waals surface area contributed by atoms with E-state index in [1.807, 2.05) is 6.07 Å². The number of H-pyrrole nitrogens is 3. The summed E-state index contributed by atoms with van der Waals surface area (Å²) in [5.74, 6) is 0.501. The van der Waals surface area contributed by atoms with Crippen molar-refractivity contribution < 1.29 is 0 Å². The zero-order valence-electron chi connectivity index (χ0n) is 8.46. The molecule has 16 heavy (non-hydrogen) atoms. The third-order valence-corrected chi connectivity index (χ3v) is 3.04. The number of fused-ring (bicyclic) bond motifs is 1. The Hall–Kier alpha value is -1.69. The van der Waals surface area contributed by atoms with E-state index in [9.17, 15) is 4.79 Å². The minimum absolute atomic E-state index is 0.113. The van der Waals surface area contributed by atoms with Crippen LogP contribution in [-0.2, 0) is 12.8 Å². The summed E-state index contributed by atoms with van der Waals surface area (Å²) in [5, 5.41) is 5.48. The predicted octanol–water partition coefficient (Wildman–Crippen LogP) is 1.31. The van der Waals surface area contributed by atoms with Crippen molar-refractivity contribution in [1.29, 1.82) is 0 Å². The summed E-state index contributed by atoms with van der Waals surface area (Å²) in [5.41, 5.74) is 2.70. The van der Waals surface area contributed by atoms with Crippen LogP contribution in [0.15, 0.2) is 10.9 Å². The Labute approximate surface area is 95.9 Å². The maximum Gasteiger partial charge on any atom is 0.259 e. The molecule has 0 amide bonds. The Bertz CT molecular complexity index is 651. The van der Waals surface area contributed by atoms with Crippen molar-refractivity contribution in [1.82, 2.24) is 20.2 Å². The van der Waals surface area contributed by atoms with Gasteiger partial charge >= 0.3 is 0 Å². The number of rotatable bonds is 1. The Morgan fingerprint density at radius 1 is 1.31 bits per heavy atom. The van der Waals surface area contributed by atoms with Crippen LogP contribution in [0, 0.1) is 4.77 Å². The highest BCUT2D eigenvalue weighted by Gasteiger charge is 2.15. The van der Waals surface area contributed by atoms with Gasteiger partial charge in [0.1, 0.15) is 0 Å². The highest BCUT2D eigenvalue weighted by Crippen LogP contribution is 2.21. The Balaban J connectivity index is 2.22. The minimum Gasteiger partial charge on any atom is -0.325 e. The number of aryl methyl sites for hydroxylation is 2. The van der Waals surface area contributed by atoms with Crippen LogP contribution in [0.1, 0.15) is 17.7 Å². The van der Waals surface area contributed by atoms with Crippen LogP contribution in [0.25, 0.3) is 11.4 Å². The van der Waals surface area contributed by atoms with E-state index in [0.29, 0.717) is 16.2 Å². The summed E-state index contributed by atoms with van der Waals surface area (Å²) in [6, 6.07) is 1.91. The van der Waals surface area contributed by atoms with E-state index >= 15 is 0 Å². The number of hydrogen-bond donors (Lipinski definition) is 3. The second-order valence-electron chi connectivity index (χ2n) is 3.89. The average molecular weight is 234 g/mol. The molecule has 0 aliphatic heterocycles.